The van der Waals surface area contributed by atoms with Crippen molar-refractivity contribution in [2.45, 2.75) is 48.4 Å². The maximum atomic E-state index is 13.6. The SMILES string of the molecule is O=S(=O)(NC1CCCCCC1Cl)c1c(F)cc(F)cc1F. The third-order valence-corrected chi connectivity index (χ3v) is 5.53. The molecule has 1 saturated carbocycles. The third kappa shape index (κ3) is 3.90. The first-order valence-electron chi connectivity index (χ1n) is 6.62. The monoisotopic (exact) mass is 341 g/mol. The fraction of sp³-hybridized carbons (Fsp3) is 0.538. The zero-order valence-electron chi connectivity index (χ0n) is 11.1. The quantitative estimate of drug-likeness (QED) is 0.677. The Morgan fingerprint density at radius 2 is 1.62 bits per heavy atom. The van der Waals surface area contributed by atoms with E-state index in [2.05, 4.69) is 4.72 Å². The van der Waals surface area contributed by atoms with Crippen LogP contribution in [0.3, 0.4) is 0 Å². The third-order valence-electron chi connectivity index (χ3n) is 3.47. The molecule has 2 atom stereocenters. The first-order chi connectivity index (χ1) is 9.81. The van der Waals surface area contributed by atoms with Crippen LogP contribution in [0.4, 0.5) is 13.2 Å². The summed E-state index contributed by atoms with van der Waals surface area (Å²) in [6.45, 7) is 0. The van der Waals surface area contributed by atoms with Gasteiger partial charge in [0, 0.05) is 23.6 Å². The lowest BCUT2D eigenvalue weighted by Gasteiger charge is -2.21. The molecule has 2 unspecified atom stereocenters. The van der Waals surface area contributed by atoms with Gasteiger partial charge in [-0.3, -0.25) is 0 Å². The Labute approximate surface area is 126 Å². The molecule has 1 aliphatic rings. The van der Waals surface area contributed by atoms with E-state index in [0.29, 0.717) is 25.0 Å². The van der Waals surface area contributed by atoms with Gasteiger partial charge in [0.1, 0.15) is 17.5 Å². The number of hydrogen-bond acceptors (Lipinski definition) is 2. The average molecular weight is 342 g/mol. The van der Waals surface area contributed by atoms with Crippen LogP contribution < -0.4 is 4.72 Å². The molecule has 0 radical (unpaired) electrons. The largest absolute Gasteiger partial charge is 0.246 e. The molecular formula is C13H15ClF3NO2S. The number of hydrogen-bond donors (Lipinski definition) is 1. The fourth-order valence-electron chi connectivity index (χ4n) is 2.44. The number of alkyl halides is 1. The van der Waals surface area contributed by atoms with Crippen molar-refractivity contribution < 1.29 is 21.6 Å². The van der Waals surface area contributed by atoms with E-state index in [0.717, 1.165) is 19.3 Å². The van der Waals surface area contributed by atoms with Crippen molar-refractivity contribution >= 4 is 21.6 Å². The Balaban J connectivity index is 2.30. The lowest BCUT2D eigenvalue weighted by Crippen LogP contribution is -2.41. The standard InChI is InChI=1S/C13H15ClF3NO2S/c14-9-4-2-1-3-5-12(9)18-21(19,20)13-10(16)6-8(15)7-11(13)17/h6-7,9,12,18H,1-5H2. The number of nitrogens with one attached hydrogen (secondary N) is 1. The first kappa shape index (κ1) is 16.6. The predicted octanol–water partition coefficient (Wildman–Crippen LogP) is 3.32. The van der Waals surface area contributed by atoms with Gasteiger partial charge in [-0.05, 0) is 12.8 Å². The predicted molar refractivity (Wildman–Crippen MR) is 73.2 cm³/mol. The highest BCUT2D eigenvalue weighted by Crippen LogP contribution is 2.26. The molecule has 0 amide bonds. The minimum absolute atomic E-state index is 0.336. The van der Waals surface area contributed by atoms with Gasteiger partial charge in [-0.25, -0.2) is 26.3 Å². The summed E-state index contributed by atoms with van der Waals surface area (Å²) in [6.07, 6.45) is 3.72. The number of rotatable bonds is 3. The number of halogens is 4. The molecule has 0 heterocycles. The molecule has 1 aromatic carbocycles. The molecule has 118 valence electrons. The zero-order chi connectivity index (χ0) is 15.6. The highest BCUT2D eigenvalue weighted by molar-refractivity contribution is 7.89. The molecule has 3 nitrogen and oxygen atoms in total. The second kappa shape index (κ2) is 6.54. The van der Waals surface area contributed by atoms with Gasteiger partial charge < -0.3 is 0 Å². The molecule has 1 N–H and O–H groups in total. The summed E-state index contributed by atoms with van der Waals surface area (Å²) in [5, 5.41) is -0.436. The van der Waals surface area contributed by atoms with E-state index in [1.807, 2.05) is 0 Å². The highest BCUT2D eigenvalue weighted by Gasteiger charge is 2.31. The smallest absolute Gasteiger partial charge is 0.207 e. The summed E-state index contributed by atoms with van der Waals surface area (Å²) in [6, 6.07) is 0.0780. The van der Waals surface area contributed by atoms with Gasteiger partial charge in [0.05, 0.1) is 0 Å². The van der Waals surface area contributed by atoms with Gasteiger partial charge in [-0.1, -0.05) is 19.3 Å². The van der Waals surface area contributed by atoms with Crippen LogP contribution >= 0.6 is 11.6 Å². The van der Waals surface area contributed by atoms with Crippen LogP contribution in [-0.4, -0.2) is 19.8 Å². The van der Waals surface area contributed by atoms with Crippen LogP contribution in [0.2, 0.25) is 0 Å². The maximum absolute atomic E-state index is 13.6. The summed E-state index contributed by atoms with van der Waals surface area (Å²) in [4.78, 5) is -1.17. The molecular weight excluding hydrogens is 327 g/mol. The van der Waals surface area contributed by atoms with E-state index in [4.69, 9.17) is 11.6 Å². The Kier molecular flexibility index (Phi) is 5.16. The molecule has 0 spiro atoms. The van der Waals surface area contributed by atoms with E-state index in [-0.39, 0.29) is 0 Å². The summed E-state index contributed by atoms with van der Waals surface area (Å²) < 4.78 is 66.6. The van der Waals surface area contributed by atoms with Crippen molar-refractivity contribution in [3.63, 3.8) is 0 Å². The lowest BCUT2D eigenvalue weighted by molar-refractivity contribution is 0.480. The van der Waals surface area contributed by atoms with Crippen molar-refractivity contribution in [2.24, 2.45) is 0 Å². The molecule has 21 heavy (non-hydrogen) atoms. The van der Waals surface area contributed by atoms with Gasteiger partial charge >= 0.3 is 0 Å². The molecule has 0 saturated heterocycles. The van der Waals surface area contributed by atoms with Crippen molar-refractivity contribution in [1.29, 1.82) is 0 Å². The van der Waals surface area contributed by atoms with Crippen molar-refractivity contribution in [3.05, 3.63) is 29.6 Å². The lowest BCUT2D eigenvalue weighted by atomic mass is 10.1. The van der Waals surface area contributed by atoms with E-state index < -0.39 is 43.8 Å². The van der Waals surface area contributed by atoms with Crippen LogP contribution in [-0.2, 0) is 10.0 Å². The zero-order valence-corrected chi connectivity index (χ0v) is 12.7. The molecule has 2 rings (SSSR count). The Hall–Kier alpha value is -0.790. The topological polar surface area (TPSA) is 46.2 Å². The normalized spacial score (nSPS) is 23.8. The van der Waals surface area contributed by atoms with Crippen molar-refractivity contribution in [1.82, 2.24) is 4.72 Å². The summed E-state index contributed by atoms with van der Waals surface area (Å²) in [5.41, 5.74) is 0. The molecule has 8 heteroatoms. The van der Waals surface area contributed by atoms with Gasteiger partial charge in [0.15, 0.2) is 4.90 Å². The second-order valence-corrected chi connectivity index (χ2v) is 7.29. The minimum atomic E-state index is -4.44. The highest BCUT2D eigenvalue weighted by atomic mass is 35.5. The summed E-state index contributed by atoms with van der Waals surface area (Å²) in [7, 11) is -4.44. The number of benzene rings is 1. The first-order valence-corrected chi connectivity index (χ1v) is 8.54. The Bertz CT molecular complexity index is 601. The van der Waals surface area contributed by atoms with Crippen LogP contribution in [0.25, 0.3) is 0 Å². The molecule has 1 aromatic rings. The van der Waals surface area contributed by atoms with Crippen molar-refractivity contribution in [3.8, 4) is 0 Å². The molecule has 1 fully saturated rings. The molecule has 0 bridgehead atoms. The summed E-state index contributed by atoms with van der Waals surface area (Å²) >= 11 is 6.11. The van der Waals surface area contributed by atoms with Gasteiger partial charge in [-0.2, -0.15) is 0 Å². The van der Waals surface area contributed by atoms with Gasteiger partial charge in [0.25, 0.3) is 0 Å². The fourth-order valence-corrected chi connectivity index (χ4v) is 4.29. The van der Waals surface area contributed by atoms with Crippen LogP contribution in [0.5, 0.6) is 0 Å². The van der Waals surface area contributed by atoms with Gasteiger partial charge in [0.2, 0.25) is 10.0 Å². The average Bonchev–Trinajstić information content (AvgIpc) is 2.52. The van der Waals surface area contributed by atoms with Gasteiger partial charge in [-0.15, -0.1) is 11.6 Å². The minimum Gasteiger partial charge on any atom is -0.207 e. The van der Waals surface area contributed by atoms with Crippen LogP contribution in [0.1, 0.15) is 32.1 Å². The van der Waals surface area contributed by atoms with E-state index in [1.54, 1.807) is 0 Å². The Morgan fingerprint density at radius 1 is 1.05 bits per heavy atom. The van der Waals surface area contributed by atoms with Crippen LogP contribution in [0.15, 0.2) is 17.0 Å². The molecule has 0 aromatic heterocycles. The summed E-state index contributed by atoms with van der Waals surface area (Å²) in [5.74, 6) is -4.09. The van der Waals surface area contributed by atoms with Crippen molar-refractivity contribution in [2.75, 3.05) is 0 Å². The van der Waals surface area contributed by atoms with E-state index in [1.165, 1.54) is 0 Å². The maximum Gasteiger partial charge on any atom is 0.246 e. The second-order valence-electron chi connectivity index (χ2n) is 5.08. The van der Waals surface area contributed by atoms with Crippen LogP contribution in [0, 0.1) is 17.5 Å². The van der Waals surface area contributed by atoms with E-state index >= 15 is 0 Å². The number of sulfonamides is 1. The Morgan fingerprint density at radius 3 is 2.24 bits per heavy atom. The molecule has 1 aliphatic carbocycles. The molecule has 0 aliphatic heterocycles. The van der Waals surface area contributed by atoms with E-state index in [9.17, 15) is 21.6 Å².